The van der Waals surface area contributed by atoms with Gasteiger partial charge in [0.25, 0.3) is 5.91 Å². The molecule has 0 aliphatic rings. The van der Waals surface area contributed by atoms with Gasteiger partial charge in [-0.15, -0.1) is 0 Å². The molecule has 0 N–H and O–H groups in total. The SMILES string of the molecule is CCCCCCc1c(C)nn(C(=O)COc2ccc(C)cc2Br)c1C. The number of ether oxygens (including phenoxy) is 1. The summed E-state index contributed by atoms with van der Waals surface area (Å²) in [4.78, 5) is 12.5. The minimum absolute atomic E-state index is 0.0289. The molecule has 0 unspecified atom stereocenters. The van der Waals surface area contributed by atoms with Crippen molar-refractivity contribution in [1.29, 1.82) is 0 Å². The van der Waals surface area contributed by atoms with Crippen molar-refractivity contribution < 1.29 is 9.53 Å². The van der Waals surface area contributed by atoms with E-state index in [4.69, 9.17) is 4.74 Å². The average molecular weight is 407 g/mol. The fourth-order valence-corrected chi connectivity index (χ4v) is 3.54. The first-order chi connectivity index (χ1) is 11.9. The molecule has 5 heteroatoms. The first-order valence-corrected chi connectivity index (χ1v) is 9.70. The fraction of sp³-hybridized carbons (Fsp3) is 0.500. The van der Waals surface area contributed by atoms with Crippen molar-refractivity contribution in [3.05, 3.63) is 45.2 Å². The Balaban J connectivity index is 2.01. The van der Waals surface area contributed by atoms with Crippen LogP contribution in [-0.2, 0) is 6.42 Å². The topological polar surface area (TPSA) is 44.1 Å². The van der Waals surface area contributed by atoms with Gasteiger partial charge in [0, 0.05) is 5.69 Å². The van der Waals surface area contributed by atoms with Gasteiger partial charge in [-0.2, -0.15) is 5.10 Å². The van der Waals surface area contributed by atoms with Gasteiger partial charge in [-0.05, 0) is 72.8 Å². The third-order valence-corrected chi connectivity index (χ3v) is 5.02. The van der Waals surface area contributed by atoms with E-state index in [2.05, 4.69) is 28.0 Å². The Hall–Kier alpha value is -1.62. The predicted molar refractivity (Wildman–Crippen MR) is 105 cm³/mol. The molecule has 1 aromatic heterocycles. The van der Waals surface area contributed by atoms with E-state index in [0.29, 0.717) is 5.75 Å². The van der Waals surface area contributed by atoms with Crippen LogP contribution in [0.1, 0.15) is 59.9 Å². The van der Waals surface area contributed by atoms with Crippen molar-refractivity contribution in [2.75, 3.05) is 6.61 Å². The second-order valence-corrected chi connectivity index (χ2v) is 7.34. The smallest absolute Gasteiger partial charge is 0.284 e. The lowest BCUT2D eigenvalue weighted by Gasteiger charge is -2.09. The zero-order chi connectivity index (χ0) is 18.4. The minimum atomic E-state index is -0.145. The van der Waals surface area contributed by atoms with Crippen molar-refractivity contribution in [3.63, 3.8) is 0 Å². The van der Waals surface area contributed by atoms with Gasteiger partial charge in [0.1, 0.15) is 5.75 Å². The molecule has 25 heavy (non-hydrogen) atoms. The number of hydrogen-bond acceptors (Lipinski definition) is 3. The van der Waals surface area contributed by atoms with Crippen molar-refractivity contribution in [3.8, 4) is 5.75 Å². The molecule has 0 atom stereocenters. The molecule has 2 aromatic rings. The maximum absolute atomic E-state index is 12.5. The van der Waals surface area contributed by atoms with E-state index in [9.17, 15) is 4.79 Å². The molecule has 1 aromatic carbocycles. The molecular weight excluding hydrogens is 380 g/mol. The van der Waals surface area contributed by atoms with Gasteiger partial charge in [0.05, 0.1) is 10.2 Å². The molecule has 0 aliphatic heterocycles. The van der Waals surface area contributed by atoms with E-state index in [1.165, 1.54) is 29.5 Å². The van der Waals surface area contributed by atoms with E-state index in [1.54, 1.807) is 0 Å². The Bertz CT molecular complexity index is 738. The van der Waals surface area contributed by atoms with Crippen LogP contribution in [0.25, 0.3) is 0 Å². The number of halogens is 1. The van der Waals surface area contributed by atoms with Gasteiger partial charge in [-0.3, -0.25) is 4.79 Å². The Morgan fingerprint density at radius 1 is 1.20 bits per heavy atom. The third-order valence-electron chi connectivity index (χ3n) is 4.40. The van der Waals surface area contributed by atoms with Crippen LogP contribution in [0, 0.1) is 20.8 Å². The number of hydrogen-bond donors (Lipinski definition) is 0. The molecule has 4 nitrogen and oxygen atoms in total. The van der Waals surface area contributed by atoms with Crippen LogP contribution in [0.15, 0.2) is 22.7 Å². The summed E-state index contributed by atoms with van der Waals surface area (Å²) in [6.45, 7) is 8.13. The lowest BCUT2D eigenvalue weighted by atomic mass is 10.0. The molecule has 0 fully saturated rings. The Labute approximate surface area is 158 Å². The highest BCUT2D eigenvalue weighted by Gasteiger charge is 2.17. The third kappa shape index (κ3) is 5.18. The number of aromatic nitrogens is 2. The lowest BCUT2D eigenvalue weighted by molar-refractivity contribution is 0.0817. The zero-order valence-electron chi connectivity index (χ0n) is 15.6. The average Bonchev–Trinajstić information content (AvgIpc) is 2.85. The van der Waals surface area contributed by atoms with Crippen LogP contribution >= 0.6 is 15.9 Å². The number of nitrogens with zero attached hydrogens (tertiary/aromatic N) is 2. The standard InChI is InChI=1S/C20H27BrN2O2/c1-5-6-7-8-9-17-15(3)22-23(16(17)4)20(24)13-25-19-11-10-14(2)12-18(19)21/h10-12H,5-9,13H2,1-4H3. The summed E-state index contributed by atoms with van der Waals surface area (Å²) in [6.07, 6.45) is 5.82. The van der Waals surface area contributed by atoms with E-state index < -0.39 is 0 Å². The predicted octanol–water partition coefficient (Wildman–Crippen LogP) is 5.41. The highest BCUT2D eigenvalue weighted by Crippen LogP contribution is 2.25. The molecule has 136 valence electrons. The van der Waals surface area contributed by atoms with Crippen LogP contribution in [-0.4, -0.2) is 22.3 Å². The van der Waals surface area contributed by atoms with Crippen molar-refractivity contribution >= 4 is 21.8 Å². The number of rotatable bonds is 8. The van der Waals surface area contributed by atoms with E-state index in [1.807, 2.05) is 39.0 Å². The van der Waals surface area contributed by atoms with Crippen LogP contribution in [0.4, 0.5) is 0 Å². The monoisotopic (exact) mass is 406 g/mol. The first-order valence-electron chi connectivity index (χ1n) is 8.91. The zero-order valence-corrected chi connectivity index (χ0v) is 17.1. The summed E-state index contributed by atoms with van der Waals surface area (Å²) in [5.74, 6) is 0.521. The summed E-state index contributed by atoms with van der Waals surface area (Å²) in [5, 5.41) is 4.43. The first kappa shape index (κ1) is 19.7. The highest BCUT2D eigenvalue weighted by molar-refractivity contribution is 9.10. The largest absolute Gasteiger partial charge is 0.483 e. The molecular formula is C20H27BrN2O2. The molecule has 0 radical (unpaired) electrons. The van der Waals surface area contributed by atoms with Crippen LogP contribution in [0.2, 0.25) is 0 Å². The molecule has 0 saturated heterocycles. The van der Waals surface area contributed by atoms with Gasteiger partial charge in [-0.1, -0.05) is 32.3 Å². The molecule has 1 heterocycles. The Morgan fingerprint density at radius 2 is 1.96 bits per heavy atom. The molecule has 2 rings (SSSR count). The highest BCUT2D eigenvalue weighted by atomic mass is 79.9. The Morgan fingerprint density at radius 3 is 2.64 bits per heavy atom. The number of carbonyl (C=O) groups is 1. The van der Waals surface area contributed by atoms with Gasteiger partial charge in [0.2, 0.25) is 0 Å². The molecule has 0 amide bonds. The van der Waals surface area contributed by atoms with E-state index >= 15 is 0 Å². The number of unbranched alkanes of at least 4 members (excludes halogenated alkanes) is 3. The summed E-state index contributed by atoms with van der Waals surface area (Å²) < 4.78 is 8.01. The second-order valence-electron chi connectivity index (χ2n) is 6.49. The maximum atomic E-state index is 12.5. The van der Waals surface area contributed by atoms with Crippen LogP contribution in [0.5, 0.6) is 5.75 Å². The summed E-state index contributed by atoms with van der Waals surface area (Å²) in [6, 6.07) is 5.80. The normalized spacial score (nSPS) is 10.9. The minimum Gasteiger partial charge on any atom is -0.483 e. The van der Waals surface area contributed by atoms with Crippen molar-refractivity contribution in [2.24, 2.45) is 0 Å². The fourth-order valence-electron chi connectivity index (χ4n) is 2.93. The van der Waals surface area contributed by atoms with Gasteiger partial charge in [0.15, 0.2) is 6.61 Å². The lowest BCUT2D eigenvalue weighted by Crippen LogP contribution is -2.22. The van der Waals surface area contributed by atoms with Crippen LogP contribution in [0.3, 0.4) is 0 Å². The summed E-state index contributed by atoms with van der Waals surface area (Å²) in [7, 11) is 0. The van der Waals surface area contributed by atoms with Crippen molar-refractivity contribution in [2.45, 2.75) is 59.8 Å². The molecule has 0 aliphatic carbocycles. The quantitative estimate of drug-likeness (QED) is 0.550. The second kappa shape index (κ2) is 9.18. The van der Waals surface area contributed by atoms with E-state index in [0.717, 1.165) is 34.3 Å². The Kier molecular flexibility index (Phi) is 7.24. The van der Waals surface area contributed by atoms with Crippen molar-refractivity contribution in [1.82, 2.24) is 9.78 Å². The summed E-state index contributed by atoms with van der Waals surface area (Å²) in [5.41, 5.74) is 4.21. The van der Waals surface area contributed by atoms with Gasteiger partial charge >= 0.3 is 0 Å². The number of benzene rings is 1. The van der Waals surface area contributed by atoms with Crippen LogP contribution < -0.4 is 4.74 Å². The molecule has 0 bridgehead atoms. The van der Waals surface area contributed by atoms with Gasteiger partial charge in [-0.25, -0.2) is 4.68 Å². The maximum Gasteiger partial charge on any atom is 0.284 e. The summed E-state index contributed by atoms with van der Waals surface area (Å²) >= 11 is 3.47. The number of carbonyl (C=O) groups excluding carboxylic acids is 1. The molecule has 0 spiro atoms. The molecule has 0 saturated carbocycles. The van der Waals surface area contributed by atoms with E-state index in [-0.39, 0.29) is 12.5 Å². The number of aryl methyl sites for hydroxylation is 2. The van der Waals surface area contributed by atoms with Gasteiger partial charge < -0.3 is 4.74 Å².